The van der Waals surface area contributed by atoms with Crippen LogP contribution < -0.4 is 9.64 Å². The van der Waals surface area contributed by atoms with E-state index in [0.29, 0.717) is 38.4 Å². The van der Waals surface area contributed by atoms with Crippen LogP contribution in [-0.4, -0.2) is 49.4 Å². The number of carbonyl (C=O) groups is 1. The van der Waals surface area contributed by atoms with E-state index in [-0.39, 0.29) is 18.8 Å². The van der Waals surface area contributed by atoms with Gasteiger partial charge in [-0.2, -0.15) is 5.10 Å². The van der Waals surface area contributed by atoms with Gasteiger partial charge in [0.2, 0.25) is 0 Å². The molecule has 8 nitrogen and oxygen atoms in total. The third-order valence-corrected chi connectivity index (χ3v) is 8.43. The highest BCUT2D eigenvalue weighted by Gasteiger charge is 2.36. The minimum Gasteiger partial charge on any atom is -0.487 e. The minimum absolute atomic E-state index is 0.146. The van der Waals surface area contributed by atoms with Crippen molar-refractivity contribution in [1.29, 1.82) is 0 Å². The van der Waals surface area contributed by atoms with Crippen LogP contribution in [0.1, 0.15) is 61.5 Å². The molecule has 0 radical (unpaired) electrons. The average molecular weight is 564 g/mol. The summed E-state index contributed by atoms with van der Waals surface area (Å²) in [5.74, 6) is -2.61. The number of aromatic nitrogens is 4. The first-order valence-corrected chi connectivity index (χ1v) is 14.3. The number of aliphatic carboxylic acids is 1. The number of alkyl halides is 2. The number of carboxylic acids is 1. The maximum atomic E-state index is 13.8. The van der Waals surface area contributed by atoms with E-state index in [9.17, 15) is 18.7 Å². The van der Waals surface area contributed by atoms with E-state index < -0.39 is 17.8 Å². The number of halogens is 2. The molecular weight excluding hydrogens is 528 g/mol. The Morgan fingerprint density at radius 1 is 1.10 bits per heavy atom. The number of carboxylic acid groups (broad SMARTS) is 1. The van der Waals surface area contributed by atoms with Crippen molar-refractivity contribution < 1.29 is 23.4 Å². The Labute approximate surface area is 237 Å². The number of hydrogen-bond acceptors (Lipinski definition) is 5. The maximum absolute atomic E-state index is 13.8. The maximum Gasteiger partial charge on any atom is 0.307 e. The topological polar surface area (TPSA) is 85.4 Å². The summed E-state index contributed by atoms with van der Waals surface area (Å²) >= 11 is 0. The fraction of sp³-hybridized carbons (Fsp3) is 0.452. The normalized spacial score (nSPS) is 20.8. The van der Waals surface area contributed by atoms with Gasteiger partial charge in [-0.3, -0.25) is 9.48 Å². The van der Waals surface area contributed by atoms with Crippen molar-refractivity contribution in [2.24, 2.45) is 13.0 Å². The molecule has 2 aromatic carbocycles. The van der Waals surface area contributed by atoms with E-state index >= 15 is 0 Å². The zero-order valence-corrected chi connectivity index (χ0v) is 23.2. The monoisotopic (exact) mass is 563 g/mol. The van der Waals surface area contributed by atoms with Gasteiger partial charge in [-0.15, -0.1) is 0 Å². The van der Waals surface area contributed by atoms with E-state index in [4.69, 9.17) is 9.72 Å². The summed E-state index contributed by atoms with van der Waals surface area (Å²) in [5, 5.41) is 14.4. The lowest BCUT2D eigenvalue weighted by Gasteiger charge is -2.33. The highest BCUT2D eigenvalue weighted by atomic mass is 19.3. The Hall–Kier alpha value is -3.95. The van der Waals surface area contributed by atoms with E-state index in [1.807, 2.05) is 60.6 Å². The van der Waals surface area contributed by atoms with Crippen LogP contribution in [0.2, 0.25) is 0 Å². The standard InChI is InChI=1S/C31H35F2N5O3/c1-36-14-11-22(35-36)20-41-24-9-10-27-28(18-24)38(29(34-27)25-7-2-3-8-26(25)30(39)40)19-21-5-4-6-23(17-21)37-15-12-31(32,33)13-16-37/h4-6,9-11,14,17-18,25-26H,2-3,7-8,12-13,15-16,19-20H2,1H3,(H,39,40). The summed E-state index contributed by atoms with van der Waals surface area (Å²) in [7, 11) is 1.86. The molecule has 0 bridgehead atoms. The van der Waals surface area contributed by atoms with E-state index in [2.05, 4.69) is 15.7 Å². The van der Waals surface area contributed by atoms with Crippen LogP contribution in [0, 0.1) is 5.92 Å². The summed E-state index contributed by atoms with van der Waals surface area (Å²) in [6.07, 6.45) is 4.85. The molecule has 4 aromatic rings. The molecule has 2 atom stereocenters. The Morgan fingerprint density at radius 2 is 1.90 bits per heavy atom. The molecule has 0 amide bonds. The van der Waals surface area contributed by atoms with Crippen LogP contribution in [0.4, 0.5) is 14.5 Å². The molecule has 2 aromatic heterocycles. The first-order chi connectivity index (χ1) is 19.8. The second kappa shape index (κ2) is 11.1. The number of fused-ring (bicyclic) bond motifs is 1. The van der Waals surface area contributed by atoms with E-state index in [1.54, 1.807) is 4.68 Å². The zero-order chi connectivity index (χ0) is 28.6. The van der Waals surface area contributed by atoms with Crippen LogP contribution in [0.15, 0.2) is 54.7 Å². The minimum atomic E-state index is -2.60. The fourth-order valence-corrected chi connectivity index (χ4v) is 6.22. The first-order valence-electron chi connectivity index (χ1n) is 14.3. The third kappa shape index (κ3) is 5.92. The second-order valence-electron chi connectivity index (χ2n) is 11.3. The fourth-order valence-electron chi connectivity index (χ4n) is 6.22. The molecule has 1 aliphatic heterocycles. The number of piperidine rings is 1. The van der Waals surface area contributed by atoms with Crippen molar-refractivity contribution in [3.63, 3.8) is 0 Å². The summed E-state index contributed by atoms with van der Waals surface area (Å²) < 4.78 is 37.5. The van der Waals surface area contributed by atoms with Crippen LogP contribution in [0.25, 0.3) is 11.0 Å². The lowest BCUT2D eigenvalue weighted by atomic mass is 9.78. The van der Waals surface area contributed by atoms with Gasteiger partial charge in [0.25, 0.3) is 5.92 Å². The predicted molar refractivity (Wildman–Crippen MR) is 152 cm³/mol. The van der Waals surface area contributed by atoms with E-state index in [1.165, 1.54) is 0 Å². The largest absolute Gasteiger partial charge is 0.487 e. The molecule has 3 heterocycles. The number of imidazole rings is 1. The van der Waals surface area contributed by atoms with Crippen molar-refractivity contribution in [2.75, 3.05) is 18.0 Å². The van der Waals surface area contributed by atoms with Gasteiger partial charge in [0.1, 0.15) is 18.2 Å². The second-order valence-corrected chi connectivity index (χ2v) is 11.3. The van der Waals surface area contributed by atoms with Crippen LogP contribution in [0.3, 0.4) is 0 Å². The van der Waals surface area contributed by atoms with Gasteiger partial charge < -0.3 is 19.3 Å². The SMILES string of the molecule is Cn1ccc(COc2ccc3nc(C4CCCCC4C(=O)O)n(Cc4cccc(N5CCC(F)(F)CC5)c4)c3c2)n1. The third-order valence-electron chi connectivity index (χ3n) is 8.43. The molecule has 10 heteroatoms. The molecule has 41 heavy (non-hydrogen) atoms. The number of hydrogen-bond donors (Lipinski definition) is 1. The highest BCUT2D eigenvalue weighted by molar-refractivity contribution is 5.79. The van der Waals surface area contributed by atoms with Gasteiger partial charge in [-0.25, -0.2) is 13.8 Å². The lowest BCUT2D eigenvalue weighted by Crippen LogP contribution is -2.39. The Kier molecular flexibility index (Phi) is 7.40. The van der Waals surface area contributed by atoms with Crippen LogP contribution in [0.5, 0.6) is 5.75 Å². The van der Waals surface area contributed by atoms with Crippen molar-refractivity contribution in [3.05, 3.63) is 71.8 Å². The molecule has 2 unspecified atom stereocenters. The van der Waals surface area contributed by atoms with Crippen molar-refractivity contribution in [1.82, 2.24) is 19.3 Å². The molecule has 6 rings (SSSR count). The summed E-state index contributed by atoms with van der Waals surface area (Å²) in [4.78, 5) is 19.2. The van der Waals surface area contributed by atoms with Gasteiger partial charge in [-0.1, -0.05) is 25.0 Å². The summed E-state index contributed by atoms with van der Waals surface area (Å²) in [6, 6.07) is 15.7. The van der Waals surface area contributed by atoms with Crippen molar-refractivity contribution in [2.45, 2.75) is 63.5 Å². The number of anilines is 1. The number of benzene rings is 2. The summed E-state index contributed by atoms with van der Waals surface area (Å²) in [5.41, 5.74) is 4.40. The van der Waals surface area contributed by atoms with Gasteiger partial charge in [0.15, 0.2) is 0 Å². The zero-order valence-electron chi connectivity index (χ0n) is 23.2. The molecule has 2 fully saturated rings. The Balaban J connectivity index is 1.35. The van der Waals surface area contributed by atoms with Gasteiger partial charge in [0, 0.05) is 63.4 Å². The molecule has 1 saturated carbocycles. The predicted octanol–water partition coefficient (Wildman–Crippen LogP) is 5.99. The summed E-state index contributed by atoms with van der Waals surface area (Å²) in [6.45, 7) is 1.44. The highest BCUT2D eigenvalue weighted by Crippen LogP contribution is 2.40. The smallest absolute Gasteiger partial charge is 0.307 e. The van der Waals surface area contributed by atoms with Gasteiger partial charge in [0.05, 0.1) is 22.6 Å². The van der Waals surface area contributed by atoms with Crippen molar-refractivity contribution >= 4 is 22.7 Å². The molecule has 2 aliphatic rings. The Bertz CT molecular complexity index is 1540. The molecule has 1 N–H and O–H groups in total. The van der Waals surface area contributed by atoms with Crippen LogP contribution >= 0.6 is 0 Å². The number of rotatable bonds is 8. The van der Waals surface area contributed by atoms with Crippen LogP contribution in [-0.2, 0) is 25.0 Å². The van der Waals surface area contributed by atoms with E-state index in [0.717, 1.165) is 53.1 Å². The molecular formula is C31H35F2N5O3. The molecule has 216 valence electrons. The van der Waals surface area contributed by atoms with Gasteiger partial charge >= 0.3 is 5.97 Å². The Morgan fingerprint density at radius 3 is 2.66 bits per heavy atom. The molecule has 1 saturated heterocycles. The quantitative estimate of drug-likeness (QED) is 0.284. The number of ether oxygens (including phenoxy) is 1. The van der Waals surface area contributed by atoms with Crippen molar-refractivity contribution in [3.8, 4) is 5.75 Å². The molecule has 0 spiro atoms. The number of nitrogens with zero attached hydrogens (tertiary/aromatic N) is 5. The molecule has 1 aliphatic carbocycles. The lowest BCUT2D eigenvalue weighted by molar-refractivity contribution is -0.143. The average Bonchev–Trinajstić information content (AvgIpc) is 3.54. The number of aryl methyl sites for hydroxylation is 1. The first kappa shape index (κ1) is 27.2. The van der Waals surface area contributed by atoms with Gasteiger partial charge in [-0.05, 0) is 48.7 Å².